The van der Waals surface area contributed by atoms with Gasteiger partial charge in [0, 0.05) is 10.7 Å². The minimum Gasteiger partial charge on any atom is -0.356 e. The van der Waals surface area contributed by atoms with E-state index in [1.54, 1.807) is 0 Å². The molecule has 0 unspecified atom stereocenters. The van der Waals surface area contributed by atoms with Crippen molar-refractivity contribution in [3.05, 3.63) is 52.0 Å². The molecular weight excluding hydrogens is 344 g/mol. The maximum absolute atomic E-state index is 13.4. The molecule has 1 aromatic heterocycles. The Morgan fingerprint density at radius 2 is 1.95 bits per heavy atom. The highest BCUT2D eigenvalue weighted by Crippen LogP contribution is 2.31. The van der Waals surface area contributed by atoms with E-state index < -0.39 is 29.2 Å². The van der Waals surface area contributed by atoms with Crippen LogP contribution in [-0.2, 0) is 6.18 Å². The Hall–Kier alpha value is -1.83. The average Bonchev–Trinajstić information content (AvgIpc) is 2.77. The van der Waals surface area contributed by atoms with E-state index in [-0.39, 0.29) is 5.69 Å². The number of halogens is 5. The molecule has 0 fully saturated rings. The first-order valence-corrected chi connectivity index (χ1v) is 6.08. The number of carbonyl (C=O) groups is 1. The lowest BCUT2D eigenvalue weighted by atomic mass is 10.2. The minimum atomic E-state index is -4.61. The molecule has 0 spiro atoms. The topological polar surface area (TPSA) is 44.9 Å². The van der Waals surface area contributed by atoms with Crippen LogP contribution < -0.4 is 5.32 Å². The molecule has 2 rings (SSSR count). The van der Waals surface area contributed by atoms with Gasteiger partial charge < -0.3 is 10.3 Å². The van der Waals surface area contributed by atoms with Gasteiger partial charge in [0.2, 0.25) is 0 Å². The van der Waals surface area contributed by atoms with Crippen LogP contribution in [0.25, 0.3) is 0 Å². The summed E-state index contributed by atoms with van der Waals surface area (Å²) >= 11 is 3.10. The molecule has 0 aliphatic rings. The molecule has 0 saturated carbocycles. The van der Waals surface area contributed by atoms with Crippen LogP contribution in [0.1, 0.15) is 16.1 Å². The zero-order valence-corrected chi connectivity index (χ0v) is 11.3. The number of alkyl halides is 3. The minimum absolute atomic E-state index is 0.0914. The third kappa shape index (κ3) is 3.19. The van der Waals surface area contributed by atoms with Crippen LogP contribution in [0.2, 0.25) is 0 Å². The molecule has 1 amide bonds. The summed E-state index contributed by atoms with van der Waals surface area (Å²) in [6.45, 7) is 0. The molecule has 0 aliphatic carbocycles. The first-order chi connectivity index (χ1) is 9.27. The summed E-state index contributed by atoms with van der Waals surface area (Å²) in [7, 11) is 0. The normalized spacial score (nSPS) is 11.4. The van der Waals surface area contributed by atoms with E-state index in [0.717, 1.165) is 0 Å². The molecule has 2 aromatic rings. The second kappa shape index (κ2) is 5.28. The molecule has 8 heteroatoms. The molecule has 20 heavy (non-hydrogen) atoms. The number of rotatable bonds is 2. The van der Waals surface area contributed by atoms with E-state index in [1.165, 1.54) is 12.3 Å². The summed E-state index contributed by atoms with van der Waals surface area (Å²) in [5.74, 6) is -1.69. The van der Waals surface area contributed by atoms with Gasteiger partial charge in [0.1, 0.15) is 11.5 Å². The number of hydrogen-bond donors (Lipinski definition) is 2. The Labute approximate surface area is 119 Å². The molecule has 0 radical (unpaired) electrons. The van der Waals surface area contributed by atoms with Crippen LogP contribution in [0.15, 0.2) is 34.9 Å². The number of hydrogen-bond acceptors (Lipinski definition) is 1. The molecule has 0 saturated heterocycles. The second-order valence-corrected chi connectivity index (χ2v) is 4.79. The Morgan fingerprint density at radius 1 is 1.25 bits per heavy atom. The van der Waals surface area contributed by atoms with Crippen molar-refractivity contribution in [1.82, 2.24) is 4.98 Å². The van der Waals surface area contributed by atoms with Gasteiger partial charge in [0.25, 0.3) is 5.91 Å². The number of benzene rings is 1. The van der Waals surface area contributed by atoms with Crippen LogP contribution in [-0.4, -0.2) is 10.9 Å². The molecule has 2 N–H and O–H groups in total. The van der Waals surface area contributed by atoms with Crippen molar-refractivity contribution in [1.29, 1.82) is 0 Å². The SMILES string of the molecule is O=C(Nc1cc(C(F)(F)F)ccc1F)c1cc(Br)c[nH]1. The number of aromatic amines is 1. The van der Waals surface area contributed by atoms with Crippen LogP contribution in [0.4, 0.5) is 23.2 Å². The van der Waals surface area contributed by atoms with E-state index in [4.69, 9.17) is 0 Å². The summed E-state index contributed by atoms with van der Waals surface area (Å²) in [5.41, 5.74) is -1.48. The largest absolute Gasteiger partial charge is 0.416 e. The van der Waals surface area contributed by atoms with Crippen molar-refractivity contribution in [3.8, 4) is 0 Å². The summed E-state index contributed by atoms with van der Waals surface area (Å²) < 4.78 is 51.6. The summed E-state index contributed by atoms with van der Waals surface area (Å²) in [5, 5.41) is 2.09. The third-order valence-electron chi connectivity index (χ3n) is 2.43. The number of H-pyrrole nitrogens is 1. The van der Waals surface area contributed by atoms with E-state index >= 15 is 0 Å². The van der Waals surface area contributed by atoms with E-state index in [0.29, 0.717) is 22.7 Å². The number of aromatic nitrogens is 1. The highest BCUT2D eigenvalue weighted by molar-refractivity contribution is 9.10. The number of anilines is 1. The van der Waals surface area contributed by atoms with Gasteiger partial charge in [-0.2, -0.15) is 13.2 Å². The number of nitrogens with one attached hydrogen (secondary N) is 2. The summed E-state index contributed by atoms with van der Waals surface area (Å²) in [6.07, 6.45) is -3.14. The van der Waals surface area contributed by atoms with Crippen LogP contribution in [0.5, 0.6) is 0 Å². The van der Waals surface area contributed by atoms with E-state index in [9.17, 15) is 22.4 Å². The predicted molar refractivity (Wildman–Crippen MR) is 67.8 cm³/mol. The lowest BCUT2D eigenvalue weighted by molar-refractivity contribution is -0.137. The van der Waals surface area contributed by atoms with Gasteiger partial charge in [-0.15, -0.1) is 0 Å². The smallest absolute Gasteiger partial charge is 0.356 e. The Morgan fingerprint density at radius 3 is 2.50 bits per heavy atom. The maximum Gasteiger partial charge on any atom is 0.416 e. The summed E-state index contributed by atoms with van der Waals surface area (Å²) in [4.78, 5) is 14.3. The molecule has 0 atom stereocenters. The highest BCUT2D eigenvalue weighted by atomic mass is 79.9. The van der Waals surface area contributed by atoms with Crippen molar-refractivity contribution < 1.29 is 22.4 Å². The molecule has 3 nitrogen and oxygen atoms in total. The van der Waals surface area contributed by atoms with Gasteiger partial charge in [-0.05, 0) is 40.2 Å². The van der Waals surface area contributed by atoms with Crippen molar-refractivity contribution in [2.75, 3.05) is 5.32 Å². The van der Waals surface area contributed by atoms with Crippen molar-refractivity contribution in [2.24, 2.45) is 0 Å². The van der Waals surface area contributed by atoms with E-state index in [1.807, 2.05) is 0 Å². The molecule has 1 aromatic carbocycles. The van der Waals surface area contributed by atoms with Crippen molar-refractivity contribution >= 4 is 27.5 Å². The lowest BCUT2D eigenvalue weighted by Crippen LogP contribution is -2.14. The lowest BCUT2D eigenvalue weighted by Gasteiger charge is -2.10. The first kappa shape index (κ1) is 14.6. The van der Waals surface area contributed by atoms with Gasteiger partial charge in [-0.1, -0.05) is 0 Å². The fourth-order valence-corrected chi connectivity index (χ4v) is 1.83. The van der Waals surface area contributed by atoms with Crippen molar-refractivity contribution in [3.63, 3.8) is 0 Å². The molecule has 106 valence electrons. The third-order valence-corrected chi connectivity index (χ3v) is 2.89. The van der Waals surface area contributed by atoms with Gasteiger partial charge in [-0.25, -0.2) is 4.39 Å². The highest BCUT2D eigenvalue weighted by Gasteiger charge is 2.31. The van der Waals surface area contributed by atoms with Crippen molar-refractivity contribution in [2.45, 2.75) is 6.18 Å². The van der Waals surface area contributed by atoms with Gasteiger partial charge in [0.15, 0.2) is 0 Å². The van der Waals surface area contributed by atoms with Crippen LogP contribution in [0, 0.1) is 5.82 Å². The van der Waals surface area contributed by atoms with Gasteiger partial charge >= 0.3 is 6.18 Å². The first-order valence-electron chi connectivity index (χ1n) is 5.29. The molecule has 1 heterocycles. The maximum atomic E-state index is 13.4. The Bertz CT molecular complexity index is 651. The quantitative estimate of drug-likeness (QED) is 0.784. The molecular formula is C12H7BrF4N2O. The predicted octanol–water partition coefficient (Wildman–Crippen LogP) is 4.19. The average molecular weight is 351 g/mol. The monoisotopic (exact) mass is 350 g/mol. The van der Waals surface area contributed by atoms with Crippen LogP contribution >= 0.6 is 15.9 Å². The second-order valence-electron chi connectivity index (χ2n) is 3.88. The van der Waals surface area contributed by atoms with E-state index in [2.05, 4.69) is 26.2 Å². The van der Waals surface area contributed by atoms with Gasteiger partial charge in [0.05, 0.1) is 11.3 Å². The molecule has 0 bridgehead atoms. The Kier molecular flexibility index (Phi) is 3.85. The van der Waals surface area contributed by atoms with Crippen LogP contribution in [0.3, 0.4) is 0 Å². The zero-order chi connectivity index (χ0) is 14.9. The fraction of sp³-hybridized carbons (Fsp3) is 0.0833. The zero-order valence-electron chi connectivity index (χ0n) is 9.68. The van der Waals surface area contributed by atoms with Gasteiger partial charge in [-0.3, -0.25) is 4.79 Å². The number of amides is 1. The standard InChI is InChI=1S/C12H7BrF4N2O/c13-7-4-10(18-5-7)11(20)19-9-3-6(12(15,16)17)1-2-8(9)14/h1-5,18H,(H,19,20). The fourth-order valence-electron chi connectivity index (χ4n) is 1.49. The molecule has 0 aliphatic heterocycles. The number of carbonyl (C=O) groups excluding carboxylic acids is 1. The summed E-state index contributed by atoms with van der Waals surface area (Å²) in [6, 6.07) is 3.23. The Balaban J connectivity index is 2.27.